The van der Waals surface area contributed by atoms with Crippen molar-refractivity contribution < 1.29 is 8.78 Å². The Morgan fingerprint density at radius 1 is 1.48 bits per heavy atom. The highest BCUT2D eigenvalue weighted by Gasteiger charge is 2.16. The van der Waals surface area contributed by atoms with E-state index >= 15 is 0 Å². The van der Waals surface area contributed by atoms with Gasteiger partial charge in [0.25, 0.3) is 0 Å². The molecule has 1 heterocycles. The minimum atomic E-state index is -2.59. The molecule has 0 amide bonds. The molecule has 0 saturated carbocycles. The van der Waals surface area contributed by atoms with Crippen LogP contribution in [0.1, 0.15) is 33.1 Å². The van der Waals surface area contributed by atoms with E-state index in [1.807, 2.05) is 13.2 Å². The summed E-state index contributed by atoms with van der Waals surface area (Å²) in [4.78, 5) is 8.22. The van der Waals surface area contributed by atoms with Crippen molar-refractivity contribution in [1.29, 1.82) is 0 Å². The topological polar surface area (TPSA) is 54.2 Å². The molecule has 0 fully saturated rings. The van der Waals surface area contributed by atoms with Gasteiger partial charge in [-0.25, -0.2) is 9.98 Å². The highest BCUT2D eigenvalue weighted by Crippen LogP contribution is 2.19. The van der Waals surface area contributed by atoms with Gasteiger partial charge in [0.1, 0.15) is 12.4 Å². The van der Waals surface area contributed by atoms with Crippen LogP contribution in [-0.2, 0) is 6.54 Å². The largest absolute Gasteiger partial charge is 0.357 e. The van der Waals surface area contributed by atoms with E-state index in [1.165, 1.54) is 12.4 Å². The molecule has 1 aromatic heterocycles. The molecule has 120 valence electrons. The number of thioether (sulfide) groups is 1. The lowest BCUT2D eigenvalue weighted by atomic mass is 10.2. The fourth-order valence-electron chi connectivity index (χ4n) is 1.50. The Balaban J connectivity index is 2.69. The quantitative estimate of drug-likeness (QED) is 0.599. The maximum Gasteiger partial charge on any atom is 0.319 e. The van der Waals surface area contributed by atoms with Crippen molar-refractivity contribution in [3.8, 4) is 0 Å². The molecule has 8 heteroatoms. The maximum absolute atomic E-state index is 12.7. The molecule has 21 heavy (non-hydrogen) atoms. The molecule has 5 nitrogen and oxygen atoms in total. The molecule has 1 rings (SSSR count). The van der Waals surface area contributed by atoms with Gasteiger partial charge in [-0.1, -0.05) is 0 Å². The standard InChI is InChI=1S/C13H23F2N5S/c1-5-16-12(19-9-13(2,3)21-4)18-8-10-17-6-7-20(10)11(14)15/h6-7,11H,5,8-9H2,1-4H3,(H2,16,18,19). The number of hydrogen-bond donors (Lipinski definition) is 2. The van der Waals surface area contributed by atoms with Crippen molar-refractivity contribution in [2.75, 3.05) is 19.3 Å². The summed E-state index contributed by atoms with van der Waals surface area (Å²) in [7, 11) is 0. The molecule has 0 spiro atoms. The zero-order valence-corrected chi connectivity index (χ0v) is 13.7. The number of aromatic nitrogens is 2. The van der Waals surface area contributed by atoms with Gasteiger partial charge < -0.3 is 10.6 Å². The van der Waals surface area contributed by atoms with Crippen molar-refractivity contribution in [1.82, 2.24) is 20.2 Å². The summed E-state index contributed by atoms with van der Waals surface area (Å²) in [5.41, 5.74) is 0. The van der Waals surface area contributed by atoms with E-state index in [-0.39, 0.29) is 17.1 Å². The van der Waals surface area contributed by atoms with Gasteiger partial charge >= 0.3 is 6.55 Å². The number of imidazole rings is 1. The third kappa shape index (κ3) is 5.91. The highest BCUT2D eigenvalue weighted by molar-refractivity contribution is 7.99. The fraction of sp³-hybridized carbons (Fsp3) is 0.692. The van der Waals surface area contributed by atoms with Gasteiger partial charge in [-0.2, -0.15) is 20.5 Å². The Hall–Kier alpha value is -1.31. The minimum Gasteiger partial charge on any atom is -0.357 e. The summed E-state index contributed by atoms with van der Waals surface area (Å²) in [6, 6.07) is 0. The summed E-state index contributed by atoms with van der Waals surface area (Å²) in [6.45, 7) is 5.14. The van der Waals surface area contributed by atoms with E-state index in [1.54, 1.807) is 11.8 Å². The zero-order chi connectivity index (χ0) is 15.9. The van der Waals surface area contributed by atoms with Gasteiger partial charge in [0.05, 0.1) is 0 Å². The Morgan fingerprint density at radius 2 is 2.19 bits per heavy atom. The number of alkyl halides is 2. The van der Waals surface area contributed by atoms with Crippen LogP contribution in [0, 0.1) is 0 Å². The van der Waals surface area contributed by atoms with Crippen molar-refractivity contribution >= 4 is 17.7 Å². The van der Waals surface area contributed by atoms with Crippen LogP contribution in [0.5, 0.6) is 0 Å². The summed E-state index contributed by atoms with van der Waals surface area (Å²) in [5, 5.41) is 6.31. The Kier molecular flexibility index (Phi) is 6.94. The Labute approximate surface area is 128 Å². The Morgan fingerprint density at radius 3 is 2.76 bits per heavy atom. The van der Waals surface area contributed by atoms with Crippen LogP contribution in [0.3, 0.4) is 0 Å². The van der Waals surface area contributed by atoms with Gasteiger partial charge in [-0.15, -0.1) is 0 Å². The zero-order valence-electron chi connectivity index (χ0n) is 12.9. The predicted octanol–water partition coefficient (Wildman–Crippen LogP) is 2.47. The molecule has 0 unspecified atom stereocenters. The smallest absolute Gasteiger partial charge is 0.319 e. The van der Waals surface area contributed by atoms with E-state index in [0.29, 0.717) is 12.5 Å². The van der Waals surface area contributed by atoms with Gasteiger partial charge in [-0.05, 0) is 27.0 Å². The molecular weight excluding hydrogens is 296 g/mol. The number of rotatable bonds is 7. The third-order valence-electron chi connectivity index (χ3n) is 2.92. The second-order valence-electron chi connectivity index (χ2n) is 5.04. The van der Waals surface area contributed by atoms with Crippen molar-refractivity contribution in [2.24, 2.45) is 4.99 Å². The minimum absolute atomic E-state index is 0.0671. The van der Waals surface area contributed by atoms with Crippen LogP contribution in [-0.4, -0.2) is 39.6 Å². The normalized spacial score (nSPS) is 12.8. The maximum atomic E-state index is 12.7. The molecule has 0 aliphatic carbocycles. The summed E-state index contributed by atoms with van der Waals surface area (Å²) in [6.07, 6.45) is 4.66. The first-order valence-corrected chi connectivity index (χ1v) is 7.99. The van der Waals surface area contributed by atoms with Gasteiger partial charge in [0.15, 0.2) is 5.96 Å². The first-order chi connectivity index (χ1) is 9.89. The van der Waals surface area contributed by atoms with E-state index < -0.39 is 6.55 Å². The van der Waals surface area contributed by atoms with E-state index in [4.69, 9.17) is 0 Å². The monoisotopic (exact) mass is 319 g/mol. The molecule has 2 N–H and O–H groups in total. The summed E-state index contributed by atoms with van der Waals surface area (Å²) < 4.78 is 26.3. The van der Waals surface area contributed by atoms with Crippen LogP contribution in [0.4, 0.5) is 8.78 Å². The second kappa shape index (κ2) is 8.21. The molecule has 0 aromatic carbocycles. The fourth-order valence-corrected chi connectivity index (χ4v) is 1.72. The molecule has 0 atom stereocenters. The van der Waals surface area contributed by atoms with Gasteiger partial charge in [-0.3, -0.25) is 4.57 Å². The van der Waals surface area contributed by atoms with Gasteiger partial charge in [0.2, 0.25) is 0 Å². The first-order valence-electron chi connectivity index (χ1n) is 6.77. The number of guanidine groups is 1. The lowest BCUT2D eigenvalue weighted by Gasteiger charge is -2.23. The van der Waals surface area contributed by atoms with Crippen LogP contribution >= 0.6 is 11.8 Å². The molecule has 1 aromatic rings. The van der Waals surface area contributed by atoms with Crippen molar-refractivity contribution in [3.05, 3.63) is 18.2 Å². The highest BCUT2D eigenvalue weighted by atomic mass is 32.2. The summed E-state index contributed by atoms with van der Waals surface area (Å²) >= 11 is 1.75. The van der Waals surface area contributed by atoms with Crippen LogP contribution < -0.4 is 10.6 Å². The molecule has 0 saturated heterocycles. The van der Waals surface area contributed by atoms with Crippen LogP contribution in [0.15, 0.2) is 17.4 Å². The van der Waals surface area contributed by atoms with Crippen molar-refractivity contribution in [3.63, 3.8) is 0 Å². The van der Waals surface area contributed by atoms with E-state index in [0.717, 1.165) is 11.1 Å². The number of hydrogen-bond acceptors (Lipinski definition) is 3. The molecular formula is C13H23F2N5S. The summed E-state index contributed by atoms with van der Waals surface area (Å²) in [5.74, 6) is 0.842. The van der Waals surface area contributed by atoms with Crippen molar-refractivity contribution in [2.45, 2.75) is 38.6 Å². The number of nitrogens with one attached hydrogen (secondary N) is 2. The molecule has 0 radical (unpaired) electrons. The number of halogens is 2. The second-order valence-corrected chi connectivity index (χ2v) is 6.55. The molecule has 0 aliphatic heterocycles. The third-order valence-corrected chi connectivity index (χ3v) is 4.17. The van der Waals surface area contributed by atoms with E-state index in [9.17, 15) is 8.78 Å². The van der Waals surface area contributed by atoms with Crippen LogP contribution in [0.2, 0.25) is 0 Å². The lowest BCUT2D eigenvalue weighted by molar-refractivity contribution is 0.0671. The first kappa shape index (κ1) is 17.7. The van der Waals surface area contributed by atoms with Gasteiger partial charge in [0, 0.05) is 30.2 Å². The molecule has 0 bridgehead atoms. The predicted molar refractivity (Wildman–Crippen MR) is 83.9 cm³/mol. The van der Waals surface area contributed by atoms with Crippen LogP contribution in [0.25, 0.3) is 0 Å². The Bertz CT molecular complexity index is 459. The number of aliphatic imine (C=N–C) groups is 1. The SMILES string of the molecule is CCNC(=NCc1nccn1C(F)F)NCC(C)(C)SC. The lowest BCUT2D eigenvalue weighted by Crippen LogP contribution is -2.43. The number of nitrogens with zero attached hydrogens (tertiary/aromatic N) is 3. The molecule has 0 aliphatic rings. The average molecular weight is 319 g/mol. The van der Waals surface area contributed by atoms with E-state index in [2.05, 4.69) is 34.5 Å². The average Bonchev–Trinajstić information content (AvgIpc) is 2.90.